The molecule has 39 heavy (non-hydrogen) atoms. The van der Waals surface area contributed by atoms with E-state index in [2.05, 4.69) is 14.8 Å². The van der Waals surface area contributed by atoms with E-state index in [9.17, 15) is 27.6 Å². The number of carbonyl (C=O) groups is 3. The fraction of sp³-hybridized carbons (Fsp3) is 0.385. The molecular formula is C26H30F3N5O4S. The van der Waals surface area contributed by atoms with E-state index in [1.807, 2.05) is 18.2 Å². The zero-order valence-electron chi connectivity index (χ0n) is 21.2. The topological polar surface area (TPSA) is 144 Å². The van der Waals surface area contributed by atoms with E-state index in [4.69, 9.17) is 11.5 Å². The van der Waals surface area contributed by atoms with Gasteiger partial charge in [0.25, 0.3) is 5.91 Å². The number of hydrogen-bond acceptors (Lipinski definition) is 8. The van der Waals surface area contributed by atoms with Crippen LogP contribution in [-0.4, -0.2) is 56.3 Å². The van der Waals surface area contributed by atoms with Crippen molar-refractivity contribution >= 4 is 39.8 Å². The van der Waals surface area contributed by atoms with E-state index in [-0.39, 0.29) is 36.0 Å². The molecule has 0 radical (unpaired) electrons. The first-order valence-electron chi connectivity index (χ1n) is 12.3. The fourth-order valence-electron chi connectivity index (χ4n) is 3.84. The first-order valence-corrected chi connectivity index (χ1v) is 13.1. The molecule has 9 nitrogen and oxygen atoms in total. The number of imidazole rings is 1. The summed E-state index contributed by atoms with van der Waals surface area (Å²) in [6, 6.07) is 14.6. The van der Waals surface area contributed by atoms with E-state index in [1.54, 1.807) is 36.4 Å². The second kappa shape index (κ2) is 13.1. The van der Waals surface area contributed by atoms with E-state index in [1.165, 1.54) is 6.92 Å². The van der Waals surface area contributed by atoms with Crippen molar-refractivity contribution in [3.63, 3.8) is 0 Å². The van der Waals surface area contributed by atoms with Crippen LogP contribution in [-0.2, 0) is 25.6 Å². The average molecular weight is 566 g/mol. The van der Waals surface area contributed by atoms with Crippen LogP contribution in [0.25, 0.3) is 11.0 Å². The van der Waals surface area contributed by atoms with Gasteiger partial charge in [-0.15, -0.1) is 0 Å². The van der Waals surface area contributed by atoms with Crippen LogP contribution in [0.1, 0.15) is 38.2 Å². The quantitative estimate of drug-likeness (QED) is 0.181. The molecule has 1 heterocycles. The number of para-hydroxylation sites is 2. The zero-order chi connectivity index (χ0) is 28.6. The van der Waals surface area contributed by atoms with E-state index >= 15 is 0 Å². The van der Waals surface area contributed by atoms with Crippen molar-refractivity contribution < 1.29 is 32.4 Å². The molecule has 0 aliphatic heterocycles. The number of alkyl halides is 3. The predicted molar refractivity (Wildman–Crippen MR) is 140 cm³/mol. The Labute approximate surface area is 227 Å². The molecule has 0 aliphatic rings. The lowest BCUT2D eigenvalue weighted by molar-refractivity contribution is -0.251. The molecule has 3 aromatic rings. The molecule has 2 atom stereocenters. The van der Waals surface area contributed by atoms with Gasteiger partial charge in [-0.1, -0.05) is 42.5 Å². The van der Waals surface area contributed by atoms with Crippen LogP contribution in [0, 0.1) is 0 Å². The lowest BCUT2D eigenvalue weighted by atomic mass is 9.94. The molecule has 1 amide bonds. The van der Waals surface area contributed by atoms with E-state index < -0.39 is 34.7 Å². The van der Waals surface area contributed by atoms with Gasteiger partial charge >= 0.3 is 12.1 Å². The number of rotatable bonds is 11. The summed E-state index contributed by atoms with van der Waals surface area (Å²) < 4.78 is 39.7. The summed E-state index contributed by atoms with van der Waals surface area (Å²) in [5, 5.41) is -0.404. The summed E-state index contributed by atoms with van der Waals surface area (Å²) in [7, 11) is 0. The van der Waals surface area contributed by atoms with Crippen LogP contribution in [0.5, 0.6) is 0 Å². The van der Waals surface area contributed by atoms with Crippen molar-refractivity contribution in [2.24, 2.45) is 11.5 Å². The summed E-state index contributed by atoms with van der Waals surface area (Å²) in [6.45, 7) is 1.49. The first kappa shape index (κ1) is 30.1. The molecule has 210 valence electrons. The number of unbranched alkanes of at least 4 members (excludes halogenated alkanes) is 1. The highest BCUT2D eigenvalue weighted by molar-refractivity contribution is 8.13. The molecule has 0 unspecified atom stereocenters. The van der Waals surface area contributed by atoms with Crippen LogP contribution in [0.4, 0.5) is 13.2 Å². The molecule has 0 saturated heterocycles. The number of nitrogens with two attached hydrogens (primary N) is 2. The average Bonchev–Trinajstić information content (AvgIpc) is 3.32. The van der Waals surface area contributed by atoms with Gasteiger partial charge in [-0.25, -0.2) is 9.78 Å². The maximum absolute atomic E-state index is 13.6. The number of carbonyl (C=O) groups excluding carboxylic acids is 3. The third kappa shape index (κ3) is 7.80. The number of amides is 1. The minimum Gasteiger partial charge on any atom is -0.333 e. The van der Waals surface area contributed by atoms with Gasteiger partial charge in [0.05, 0.1) is 17.1 Å². The first-order chi connectivity index (χ1) is 18.5. The summed E-state index contributed by atoms with van der Waals surface area (Å²) in [6.07, 6.45) is -4.52. The third-order valence-corrected chi connectivity index (χ3v) is 7.08. The highest BCUT2D eigenvalue weighted by atomic mass is 32.2. The Morgan fingerprint density at radius 1 is 1.08 bits per heavy atom. The number of aromatic amines is 1. The molecule has 0 aliphatic carbocycles. The molecule has 2 aromatic carbocycles. The smallest absolute Gasteiger partial charge is 0.333 e. The summed E-state index contributed by atoms with van der Waals surface area (Å²) in [4.78, 5) is 50.9. The number of nitrogens with one attached hydrogen (secondary N) is 1. The largest absolute Gasteiger partial charge is 0.493 e. The van der Waals surface area contributed by atoms with Crippen molar-refractivity contribution in [2.75, 3.05) is 6.54 Å². The molecule has 3 rings (SSSR count). The predicted octanol–water partition coefficient (Wildman–Crippen LogP) is 3.88. The number of aryl methyl sites for hydroxylation is 1. The standard InChI is InChI=1S/C26H30F3N5O4S/c1-25(15-7-8-16-30,23(37)39-24-32-19-11-5-6-12-20(19)33-24)34(38-22(36)26(27,28)29)21(35)18(31)14-13-17-9-3-2-4-10-17/h2-6,9-12,18H,7-8,13-16,30-31H2,1H3,(H,32,33)/t18-,25-/m0/s1. The lowest BCUT2D eigenvalue weighted by Gasteiger charge is -2.38. The maximum Gasteiger partial charge on any atom is 0.493 e. The van der Waals surface area contributed by atoms with Crippen molar-refractivity contribution in [1.82, 2.24) is 15.0 Å². The lowest BCUT2D eigenvalue weighted by Crippen LogP contribution is -2.59. The minimum atomic E-state index is -5.42. The molecular weight excluding hydrogens is 535 g/mol. The molecule has 5 N–H and O–H groups in total. The van der Waals surface area contributed by atoms with Gasteiger partial charge in [0, 0.05) is 0 Å². The van der Waals surface area contributed by atoms with Crippen LogP contribution >= 0.6 is 11.8 Å². The van der Waals surface area contributed by atoms with Gasteiger partial charge < -0.3 is 21.3 Å². The Kier molecular flexibility index (Phi) is 10.1. The SMILES string of the molecule is C[C@](CCCCN)(C(=O)Sc1nc2ccccc2[nH]1)N(OC(=O)C(F)(F)F)C(=O)[C@@H](N)CCc1ccccc1. The highest BCUT2D eigenvalue weighted by Gasteiger charge is 2.51. The van der Waals surface area contributed by atoms with Crippen LogP contribution in [0.2, 0.25) is 0 Å². The van der Waals surface area contributed by atoms with Gasteiger partial charge in [-0.05, 0) is 75.0 Å². The number of nitrogens with zero attached hydrogens (tertiary/aromatic N) is 2. The second-order valence-corrected chi connectivity index (χ2v) is 10.1. The monoisotopic (exact) mass is 565 g/mol. The maximum atomic E-state index is 13.6. The second-order valence-electron chi connectivity index (χ2n) is 9.11. The van der Waals surface area contributed by atoms with Crippen LogP contribution in [0.15, 0.2) is 59.8 Å². The number of thioether (sulfide) groups is 1. The highest BCUT2D eigenvalue weighted by Crippen LogP contribution is 2.34. The molecule has 1 aromatic heterocycles. The van der Waals surface area contributed by atoms with Crippen LogP contribution in [0.3, 0.4) is 0 Å². The molecule has 0 fully saturated rings. The van der Waals surface area contributed by atoms with Gasteiger partial charge in [-0.2, -0.15) is 18.2 Å². The fourth-order valence-corrected chi connectivity index (χ4v) is 4.73. The Hall–Kier alpha value is -3.42. The minimum absolute atomic E-state index is 0.0344. The normalized spacial score (nSPS) is 14.0. The summed E-state index contributed by atoms with van der Waals surface area (Å²) in [5.74, 6) is -3.77. The van der Waals surface area contributed by atoms with Crippen LogP contribution < -0.4 is 11.5 Å². The summed E-state index contributed by atoms with van der Waals surface area (Å²) >= 11 is 0.592. The van der Waals surface area contributed by atoms with Gasteiger partial charge in [-0.3, -0.25) is 9.59 Å². The number of fused-ring (bicyclic) bond motifs is 1. The molecule has 0 saturated carbocycles. The Balaban J connectivity index is 1.93. The Bertz CT molecular complexity index is 1250. The molecule has 0 bridgehead atoms. The third-order valence-electron chi connectivity index (χ3n) is 6.07. The molecule has 0 spiro atoms. The van der Waals surface area contributed by atoms with Crippen molar-refractivity contribution in [1.29, 1.82) is 0 Å². The number of hydrogen-bond donors (Lipinski definition) is 3. The van der Waals surface area contributed by atoms with Gasteiger partial charge in [0.1, 0.15) is 5.54 Å². The molecule has 13 heteroatoms. The Morgan fingerprint density at radius 3 is 2.38 bits per heavy atom. The summed E-state index contributed by atoms with van der Waals surface area (Å²) in [5.41, 5.74) is 11.7. The zero-order valence-corrected chi connectivity index (χ0v) is 22.1. The van der Waals surface area contributed by atoms with Crippen molar-refractivity contribution in [3.05, 3.63) is 60.2 Å². The number of aromatic nitrogens is 2. The number of hydroxylamine groups is 2. The van der Waals surface area contributed by atoms with E-state index in [0.29, 0.717) is 35.6 Å². The van der Waals surface area contributed by atoms with Crippen molar-refractivity contribution in [3.8, 4) is 0 Å². The number of halogens is 3. The van der Waals surface area contributed by atoms with E-state index in [0.717, 1.165) is 5.56 Å². The van der Waals surface area contributed by atoms with Crippen molar-refractivity contribution in [2.45, 2.75) is 61.9 Å². The number of H-pyrrole nitrogens is 1. The van der Waals surface area contributed by atoms with Gasteiger partial charge in [0.15, 0.2) is 5.16 Å². The Morgan fingerprint density at radius 2 is 1.74 bits per heavy atom. The number of benzene rings is 2. The van der Waals surface area contributed by atoms with Gasteiger partial charge in [0.2, 0.25) is 5.12 Å².